The topological polar surface area (TPSA) is 145 Å². The fraction of sp³-hybridized carbons (Fsp3) is 0.550. The second-order valence-corrected chi connectivity index (χ2v) is 8.02. The van der Waals surface area contributed by atoms with Crippen molar-refractivity contribution in [1.29, 1.82) is 0 Å². The van der Waals surface area contributed by atoms with Crippen molar-refractivity contribution < 1.29 is 34.4 Å². The third kappa shape index (κ3) is 4.51. The summed E-state index contributed by atoms with van der Waals surface area (Å²) in [6, 6.07) is 3.49. The first-order valence-corrected chi connectivity index (χ1v) is 9.65. The number of ether oxygens (including phenoxy) is 1. The minimum atomic E-state index is -1.73. The largest absolute Gasteiger partial charge is 0.507 e. The number of fused-ring (bicyclic) bond motifs is 1. The predicted molar refractivity (Wildman–Crippen MR) is 101 cm³/mol. The van der Waals surface area contributed by atoms with Gasteiger partial charge in [-0.15, -0.1) is 0 Å². The maximum atomic E-state index is 12.5. The van der Waals surface area contributed by atoms with Crippen LogP contribution in [0.5, 0.6) is 5.75 Å². The summed E-state index contributed by atoms with van der Waals surface area (Å²) in [5.41, 5.74) is 0.738. The number of hydrogen-bond acceptors (Lipinski definition) is 7. The maximum Gasteiger partial charge on any atom is 0.342 e. The molecule has 0 radical (unpaired) electrons. The van der Waals surface area contributed by atoms with E-state index >= 15 is 0 Å². The molecule has 9 nitrogen and oxygen atoms in total. The lowest BCUT2D eigenvalue weighted by Gasteiger charge is -2.35. The highest BCUT2D eigenvalue weighted by Crippen LogP contribution is 2.30. The van der Waals surface area contributed by atoms with E-state index in [9.17, 15) is 29.7 Å². The van der Waals surface area contributed by atoms with Gasteiger partial charge in [-0.25, -0.2) is 4.79 Å². The van der Waals surface area contributed by atoms with Crippen LogP contribution in [0.15, 0.2) is 18.2 Å². The van der Waals surface area contributed by atoms with Gasteiger partial charge in [0.2, 0.25) is 5.91 Å². The van der Waals surface area contributed by atoms with Crippen LogP contribution in [-0.2, 0) is 20.7 Å². The first-order chi connectivity index (χ1) is 13.7. The van der Waals surface area contributed by atoms with Gasteiger partial charge in [-0.05, 0) is 24.0 Å². The summed E-state index contributed by atoms with van der Waals surface area (Å²) < 4.78 is 5.48. The molecule has 2 aliphatic rings. The van der Waals surface area contributed by atoms with E-state index in [0.29, 0.717) is 18.4 Å². The molecule has 0 spiro atoms. The van der Waals surface area contributed by atoms with Gasteiger partial charge in [0.1, 0.15) is 23.5 Å². The molecule has 5 atom stereocenters. The van der Waals surface area contributed by atoms with Gasteiger partial charge in [0.15, 0.2) is 6.10 Å². The fourth-order valence-corrected chi connectivity index (χ4v) is 3.72. The molecule has 158 valence electrons. The quantitative estimate of drug-likeness (QED) is 0.306. The van der Waals surface area contributed by atoms with Crippen LogP contribution < -0.4 is 10.6 Å². The minimum absolute atomic E-state index is 0.0431. The average Bonchev–Trinajstić information content (AvgIpc) is 2.63. The smallest absolute Gasteiger partial charge is 0.342 e. The zero-order valence-electron chi connectivity index (χ0n) is 16.3. The van der Waals surface area contributed by atoms with Crippen molar-refractivity contribution in [3.63, 3.8) is 0 Å². The Labute approximate surface area is 168 Å². The number of carbonyl (C=O) groups excluding carboxylic acids is 3. The standard InChI is InChI=1S/C20H26N2O7/c1-9(2)6-11(22-19(27)18(26)17(25)12-8-15(24)21-12)14-7-10-4-3-5-13(23)16(10)20(28)29-14/h3-5,9,11-12,14,17-18,23,25-26H,6-8H2,1-2H3,(H,21,24)(H,22,27)/t11-,12-,14-,17-,18-/m0/s1. The zero-order chi connectivity index (χ0) is 21.3. The maximum absolute atomic E-state index is 12.5. The molecule has 1 aromatic carbocycles. The molecular weight excluding hydrogens is 380 g/mol. The number of phenols is 1. The Balaban J connectivity index is 1.72. The van der Waals surface area contributed by atoms with Gasteiger partial charge in [-0.3, -0.25) is 9.59 Å². The lowest BCUT2D eigenvalue weighted by atomic mass is 9.90. The highest BCUT2D eigenvalue weighted by Gasteiger charge is 2.40. The molecule has 0 bridgehead atoms. The molecule has 1 saturated heterocycles. The van der Waals surface area contributed by atoms with Gasteiger partial charge in [-0.2, -0.15) is 0 Å². The number of rotatable bonds is 7. The van der Waals surface area contributed by atoms with Crippen LogP contribution in [0.25, 0.3) is 0 Å². The van der Waals surface area contributed by atoms with Gasteiger partial charge < -0.3 is 30.7 Å². The van der Waals surface area contributed by atoms with Gasteiger partial charge in [0.05, 0.1) is 12.1 Å². The Morgan fingerprint density at radius 1 is 1.28 bits per heavy atom. The normalized spacial score (nSPS) is 23.9. The van der Waals surface area contributed by atoms with Crippen LogP contribution in [0.1, 0.15) is 42.6 Å². The number of aromatic hydroxyl groups is 1. The predicted octanol–water partition coefficient (Wildman–Crippen LogP) is -0.385. The van der Waals surface area contributed by atoms with E-state index < -0.39 is 42.3 Å². The number of esters is 1. The number of nitrogens with one attached hydrogen (secondary N) is 2. The molecular formula is C20H26N2O7. The number of carbonyl (C=O) groups is 3. The van der Waals surface area contributed by atoms with Crippen LogP contribution >= 0.6 is 0 Å². The summed E-state index contributed by atoms with van der Waals surface area (Å²) in [6.45, 7) is 3.89. The van der Waals surface area contributed by atoms with Crippen LogP contribution in [0.2, 0.25) is 0 Å². The van der Waals surface area contributed by atoms with E-state index in [1.807, 2.05) is 13.8 Å². The number of aliphatic hydroxyl groups excluding tert-OH is 2. The Morgan fingerprint density at radius 3 is 2.59 bits per heavy atom. The van der Waals surface area contributed by atoms with Crippen LogP contribution in [0.4, 0.5) is 0 Å². The molecule has 2 amide bonds. The number of benzene rings is 1. The van der Waals surface area contributed by atoms with Crippen molar-refractivity contribution in [2.45, 2.75) is 63.5 Å². The second kappa shape index (κ2) is 8.38. The third-order valence-corrected chi connectivity index (χ3v) is 5.27. The summed E-state index contributed by atoms with van der Waals surface area (Å²) in [4.78, 5) is 35.9. The highest BCUT2D eigenvalue weighted by atomic mass is 16.5. The lowest BCUT2D eigenvalue weighted by molar-refractivity contribution is -0.144. The number of β-lactam (4-membered cyclic amide) rings is 1. The molecule has 0 aliphatic carbocycles. The van der Waals surface area contributed by atoms with E-state index in [-0.39, 0.29) is 29.6 Å². The van der Waals surface area contributed by atoms with Crippen LogP contribution in [-0.4, -0.2) is 63.5 Å². The van der Waals surface area contributed by atoms with Crippen LogP contribution in [0, 0.1) is 5.92 Å². The fourth-order valence-electron chi connectivity index (χ4n) is 3.72. The summed E-state index contributed by atoms with van der Waals surface area (Å²) in [5.74, 6) is -1.73. The van der Waals surface area contributed by atoms with E-state index in [4.69, 9.17) is 4.74 Å². The number of cyclic esters (lactones) is 1. The van der Waals surface area contributed by atoms with Crippen molar-refractivity contribution >= 4 is 17.8 Å². The van der Waals surface area contributed by atoms with Crippen molar-refractivity contribution in [2.75, 3.05) is 0 Å². The first-order valence-electron chi connectivity index (χ1n) is 9.65. The molecule has 1 fully saturated rings. The molecule has 9 heteroatoms. The Morgan fingerprint density at radius 2 is 1.97 bits per heavy atom. The van der Waals surface area contributed by atoms with E-state index in [1.54, 1.807) is 12.1 Å². The molecule has 29 heavy (non-hydrogen) atoms. The summed E-state index contributed by atoms with van der Waals surface area (Å²) in [6.07, 6.45) is -3.03. The van der Waals surface area contributed by atoms with Gasteiger partial charge in [-0.1, -0.05) is 26.0 Å². The summed E-state index contributed by atoms with van der Waals surface area (Å²) in [7, 11) is 0. The van der Waals surface area contributed by atoms with Crippen molar-refractivity contribution in [1.82, 2.24) is 10.6 Å². The average molecular weight is 406 g/mol. The third-order valence-electron chi connectivity index (χ3n) is 5.27. The molecule has 3 rings (SSSR count). The Hall–Kier alpha value is -2.65. The van der Waals surface area contributed by atoms with Gasteiger partial charge in [0.25, 0.3) is 5.91 Å². The van der Waals surface area contributed by atoms with Crippen LogP contribution in [0.3, 0.4) is 0 Å². The van der Waals surface area contributed by atoms with Crippen molar-refractivity contribution in [3.05, 3.63) is 29.3 Å². The number of phenolic OH excluding ortho intramolecular Hbond substituents is 1. The summed E-state index contributed by atoms with van der Waals surface area (Å²) >= 11 is 0. The Kier molecular flexibility index (Phi) is 6.09. The van der Waals surface area contributed by atoms with E-state index in [0.717, 1.165) is 0 Å². The summed E-state index contributed by atoms with van der Waals surface area (Å²) in [5, 5.41) is 35.3. The van der Waals surface area contributed by atoms with E-state index in [1.165, 1.54) is 6.07 Å². The molecule has 1 aromatic rings. The zero-order valence-corrected chi connectivity index (χ0v) is 16.3. The molecule has 5 N–H and O–H groups in total. The van der Waals surface area contributed by atoms with Crippen molar-refractivity contribution in [3.8, 4) is 5.75 Å². The van der Waals surface area contributed by atoms with Gasteiger partial charge >= 0.3 is 5.97 Å². The number of hydrogen-bond donors (Lipinski definition) is 5. The second-order valence-electron chi connectivity index (χ2n) is 8.02. The Bertz CT molecular complexity index is 802. The number of aliphatic hydroxyl groups is 2. The highest BCUT2D eigenvalue weighted by molar-refractivity contribution is 5.95. The monoisotopic (exact) mass is 406 g/mol. The molecule has 0 aromatic heterocycles. The van der Waals surface area contributed by atoms with Gasteiger partial charge in [0, 0.05) is 12.8 Å². The molecule has 0 saturated carbocycles. The molecule has 2 heterocycles. The lowest BCUT2D eigenvalue weighted by Crippen LogP contribution is -2.61. The molecule has 2 aliphatic heterocycles. The first kappa shape index (κ1) is 21.1. The molecule has 0 unspecified atom stereocenters. The van der Waals surface area contributed by atoms with Crippen molar-refractivity contribution in [2.24, 2.45) is 5.92 Å². The SMILES string of the molecule is CC(C)C[C@H](NC(=O)[C@@H](O)[C@@H](O)[C@@H]1CC(=O)N1)[C@@H]1Cc2cccc(O)c2C(=O)O1. The minimum Gasteiger partial charge on any atom is -0.507 e. The number of amides is 2. The van der Waals surface area contributed by atoms with E-state index in [2.05, 4.69) is 10.6 Å².